The first-order valence-electron chi connectivity index (χ1n) is 7.50. The molecule has 122 valence electrons. The van der Waals surface area contributed by atoms with Crippen molar-refractivity contribution < 1.29 is 34.7 Å². The standard InChI is InChI=1S/2C10H15.2Cr/c2*1-7-6-10(4,5)9(3)8(7)2;;/h2*1-5H3;;/q2*-1;;+2. The zero-order valence-electron chi connectivity index (χ0n) is 15.8. The molecule has 0 heterocycles. The van der Waals surface area contributed by atoms with E-state index in [2.05, 4.69) is 81.4 Å². The Labute approximate surface area is 160 Å². The summed E-state index contributed by atoms with van der Waals surface area (Å²) in [6.07, 6.45) is 6.87. The first kappa shape index (κ1) is 24.3. The van der Waals surface area contributed by atoms with Crippen molar-refractivity contribution in [1.29, 1.82) is 0 Å². The summed E-state index contributed by atoms with van der Waals surface area (Å²) in [6, 6.07) is 0. The molecule has 0 aromatic heterocycles. The van der Waals surface area contributed by atoms with Crippen molar-refractivity contribution in [1.82, 2.24) is 0 Å². The van der Waals surface area contributed by atoms with Gasteiger partial charge in [-0.05, 0) is 0 Å². The molecule has 0 aliphatic heterocycles. The van der Waals surface area contributed by atoms with Crippen molar-refractivity contribution >= 4 is 0 Å². The van der Waals surface area contributed by atoms with Crippen LogP contribution in [0.5, 0.6) is 0 Å². The molecule has 2 rings (SSSR count). The van der Waals surface area contributed by atoms with Gasteiger partial charge in [-0.3, -0.25) is 12.2 Å². The van der Waals surface area contributed by atoms with Crippen molar-refractivity contribution in [3.05, 3.63) is 45.6 Å². The number of hydrogen-bond donors (Lipinski definition) is 0. The molecule has 2 aliphatic rings. The van der Waals surface area contributed by atoms with Gasteiger partial charge in [-0.1, -0.05) is 66.2 Å². The van der Waals surface area contributed by atoms with Gasteiger partial charge in [-0.2, -0.15) is 22.3 Å². The van der Waals surface area contributed by atoms with E-state index in [0.29, 0.717) is 0 Å². The smallest absolute Gasteiger partial charge is 0.263 e. The van der Waals surface area contributed by atoms with Crippen LogP contribution in [0.25, 0.3) is 0 Å². The van der Waals surface area contributed by atoms with Crippen molar-refractivity contribution in [2.75, 3.05) is 0 Å². The van der Waals surface area contributed by atoms with Crippen molar-refractivity contribution in [2.24, 2.45) is 10.8 Å². The molecule has 0 N–H and O–H groups in total. The average molecular weight is 374 g/mol. The topological polar surface area (TPSA) is 0 Å². The van der Waals surface area contributed by atoms with E-state index in [1.807, 2.05) is 0 Å². The fourth-order valence-electron chi connectivity index (χ4n) is 2.81. The van der Waals surface area contributed by atoms with Crippen LogP contribution < -0.4 is 0 Å². The summed E-state index contributed by atoms with van der Waals surface area (Å²) in [6.45, 7) is 21.8. The Bertz CT molecular complexity index is 488. The van der Waals surface area contributed by atoms with Crippen LogP contribution >= 0.6 is 0 Å². The summed E-state index contributed by atoms with van der Waals surface area (Å²) < 4.78 is 0. The molecule has 2 heteroatoms. The van der Waals surface area contributed by atoms with Gasteiger partial charge in [0.15, 0.2) is 0 Å². The van der Waals surface area contributed by atoms with E-state index in [4.69, 9.17) is 0 Å². The van der Waals surface area contributed by atoms with Crippen LogP contribution in [0.3, 0.4) is 0 Å². The molecule has 0 saturated carbocycles. The van der Waals surface area contributed by atoms with Crippen LogP contribution in [0.1, 0.15) is 69.2 Å². The summed E-state index contributed by atoms with van der Waals surface area (Å²) >= 11 is 0. The molecule has 2 aliphatic carbocycles. The Balaban J connectivity index is 0. The first-order valence-corrected chi connectivity index (χ1v) is 7.50. The maximum atomic E-state index is 3.44. The molecule has 22 heavy (non-hydrogen) atoms. The molecule has 0 radical (unpaired) electrons. The fourth-order valence-corrected chi connectivity index (χ4v) is 2.81. The van der Waals surface area contributed by atoms with Crippen LogP contribution in [0, 0.1) is 23.0 Å². The minimum absolute atomic E-state index is 0. The second-order valence-corrected chi connectivity index (χ2v) is 7.25. The van der Waals surface area contributed by atoms with Gasteiger partial charge in [0.2, 0.25) is 0 Å². The fraction of sp³-hybridized carbons (Fsp3) is 0.600. The molecule has 0 aromatic carbocycles. The van der Waals surface area contributed by atoms with E-state index >= 15 is 0 Å². The molecular weight excluding hydrogens is 344 g/mol. The molecular formula is C20H30Cr2. The zero-order chi connectivity index (χ0) is 15.9. The van der Waals surface area contributed by atoms with Gasteiger partial charge in [0.25, 0.3) is 0 Å². The molecule has 0 spiro atoms. The van der Waals surface area contributed by atoms with Crippen LogP contribution in [0.15, 0.2) is 33.4 Å². The van der Waals surface area contributed by atoms with Crippen LogP contribution in [0.4, 0.5) is 0 Å². The normalized spacial score (nSPS) is 21.4. The van der Waals surface area contributed by atoms with Gasteiger partial charge in [0.1, 0.15) is 0 Å². The molecule has 0 aromatic rings. The SMILES string of the molecule is CC1=[C-]C(C)(C)C(C)=C1C.CC1=[C-]C(C)(C)C(C)=C1C.[Cr+2].[Cr]. The Morgan fingerprint density at radius 3 is 0.864 bits per heavy atom. The van der Waals surface area contributed by atoms with E-state index in [0.717, 1.165) is 0 Å². The third kappa shape index (κ3) is 5.01. The maximum Gasteiger partial charge on any atom is 2.00 e. The van der Waals surface area contributed by atoms with E-state index in [1.165, 1.54) is 33.4 Å². The number of hydrogen-bond acceptors (Lipinski definition) is 0. The third-order valence-electron chi connectivity index (χ3n) is 5.12. The number of rotatable bonds is 0. The maximum absolute atomic E-state index is 3.44. The molecule has 0 bridgehead atoms. The van der Waals surface area contributed by atoms with Crippen molar-refractivity contribution in [3.63, 3.8) is 0 Å². The van der Waals surface area contributed by atoms with Gasteiger partial charge in [-0.25, -0.2) is 11.1 Å². The molecule has 0 amide bonds. The molecule has 0 atom stereocenters. The Morgan fingerprint density at radius 2 is 0.818 bits per heavy atom. The minimum Gasteiger partial charge on any atom is -0.263 e. The molecule has 0 saturated heterocycles. The summed E-state index contributed by atoms with van der Waals surface area (Å²) in [7, 11) is 0. The van der Waals surface area contributed by atoms with Crippen LogP contribution in [-0.4, -0.2) is 0 Å². The number of allylic oxidation sites excluding steroid dienone is 8. The largest absolute Gasteiger partial charge is 2.00 e. The van der Waals surface area contributed by atoms with Crippen LogP contribution in [0.2, 0.25) is 0 Å². The predicted molar refractivity (Wildman–Crippen MR) is 89.2 cm³/mol. The summed E-state index contributed by atoms with van der Waals surface area (Å²) in [5.74, 6) is 0. The Kier molecular flexibility index (Phi) is 9.07. The van der Waals surface area contributed by atoms with E-state index in [1.54, 1.807) is 0 Å². The summed E-state index contributed by atoms with van der Waals surface area (Å²) in [5, 5.41) is 0. The van der Waals surface area contributed by atoms with Gasteiger partial charge < -0.3 is 0 Å². The summed E-state index contributed by atoms with van der Waals surface area (Å²) in [4.78, 5) is 0. The minimum atomic E-state index is 0. The molecule has 0 unspecified atom stereocenters. The van der Waals surface area contributed by atoms with Crippen molar-refractivity contribution in [2.45, 2.75) is 69.2 Å². The quantitative estimate of drug-likeness (QED) is 0.442. The molecule has 0 nitrogen and oxygen atoms in total. The average Bonchev–Trinajstić information content (AvgIpc) is 2.60. The Morgan fingerprint density at radius 1 is 0.591 bits per heavy atom. The predicted octanol–water partition coefficient (Wildman–Crippen LogP) is 6.22. The third-order valence-corrected chi connectivity index (χ3v) is 5.12. The van der Waals surface area contributed by atoms with Crippen molar-refractivity contribution in [3.8, 4) is 0 Å². The molecule has 0 fully saturated rings. The van der Waals surface area contributed by atoms with Gasteiger partial charge in [0.05, 0.1) is 0 Å². The zero-order valence-corrected chi connectivity index (χ0v) is 18.4. The monoisotopic (exact) mass is 374 g/mol. The second-order valence-electron chi connectivity index (χ2n) is 7.25. The van der Waals surface area contributed by atoms with Crippen LogP contribution in [-0.2, 0) is 34.7 Å². The summed E-state index contributed by atoms with van der Waals surface area (Å²) in [5.41, 5.74) is 8.79. The van der Waals surface area contributed by atoms with Gasteiger partial charge in [0, 0.05) is 17.4 Å². The van der Waals surface area contributed by atoms with E-state index in [9.17, 15) is 0 Å². The van der Waals surface area contributed by atoms with Gasteiger partial charge in [-0.15, -0.1) is 13.8 Å². The van der Waals surface area contributed by atoms with Gasteiger partial charge >= 0.3 is 17.4 Å². The van der Waals surface area contributed by atoms with E-state index < -0.39 is 0 Å². The Hall–Kier alpha value is 0.0249. The van der Waals surface area contributed by atoms with E-state index in [-0.39, 0.29) is 45.6 Å². The second kappa shape index (κ2) is 8.22. The first-order chi connectivity index (χ1) is 8.90.